The first-order chi connectivity index (χ1) is 14.0. The number of anilines is 3. The maximum absolute atomic E-state index is 11.4. The smallest absolute Gasteiger partial charge is 0.247 e. The molecule has 10 heteroatoms. The normalized spacial score (nSPS) is 11.3. The number of hydrogen-bond acceptors (Lipinski definition) is 7. The van der Waals surface area contributed by atoms with E-state index in [0.717, 1.165) is 11.8 Å². The number of ether oxygens (including phenoxy) is 1. The van der Waals surface area contributed by atoms with Crippen LogP contribution in [0.3, 0.4) is 0 Å². The van der Waals surface area contributed by atoms with Crippen molar-refractivity contribution in [2.45, 2.75) is 6.61 Å². The largest absolute Gasteiger partial charge is 0.471 e. The number of rotatable bonds is 7. The van der Waals surface area contributed by atoms with Gasteiger partial charge in [0.05, 0.1) is 18.3 Å². The van der Waals surface area contributed by atoms with E-state index in [0.29, 0.717) is 41.0 Å². The lowest BCUT2D eigenvalue weighted by atomic mass is 10.2. The molecule has 2 aromatic heterocycles. The highest BCUT2D eigenvalue weighted by molar-refractivity contribution is 7.92. The Morgan fingerprint density at radius 2 is 1.83 bits per heavy atom. The first-order valence-corrected chi connectivity index (χ1v) is 10.6. The predicted octanol–water partition coefficient (Wildman–Crippen LogP) is 3.05. The summed E-state index contributed by atoms with van der Waals surface area (Å²) in [5.41, 5.74) is 3.10. The van der Waals surface area contributed by atoms with Gasteiger partial charge in [-0.1, -0.05) is 36.4 Å². The predicted molar refractivity (Wildman–Crippen MR) is 111 cm³/mol. The van der Waals surface area contributed by atoms with Gasteiger partial charge in [0.15, 0.2) is 11.2 Å². The van der Waals surface area contributed by atoms with E-state index in [1.54, 1.807) is 24.3 Å². The van der Waals surface area contributed by atoms with Crippen LogP contribution in [-0.4, -0.2) is 34.6 Å². The molecule has 0 bridgehead atoms. The highest BCUT2D eigenvalue weighted by atomic mass is 32.2. The average Bonchev–Trinajstić information content (AvgIpc) is 3.14. The van der Waals surface area contributed by atoms with Crippen LogP contribution in [0.1, 0.15) is 5.56 Å². The van der Waals surface area contributed by atoms with E-state index in [4.69, 9.17) is 4.74 Å². The van der Waals surface area contributed by atoms with Gasteiger partial charge in [-0.3, -0.25) is 4.72 Å². The van der Waals surface area contributed by atoms with Crippen LogP contribution in [0.2, 0.25) is 0 Å². The van der Waals surface area contributed by atoms with E-state index >= 15 is 0 Å². The Bertz CT molecular complexity index is 1240. The van der Waals surface area contributed by atoms with Crippen molar-refractivity contribution in [2.24, 2.45) is 0 Å². The molecule has 0 aliphatic heterocycles. The second-order valence-corrected chi connectivity index (χ2v) is 8.05. The molecular weight excluding hydrogens is 392 g/mol. The van der Waals surface area contributed by atoms with Crippen molar-refractivity contribution >= 4 is 38.5 Å². The number of H-pyrrole nitrogens is 1. The van der Waals surface area contributed by atoms with Crippen LogP contribution < -0.4 is 14.8 Å². The summed E-state index contributed by atoms with van der Waals surface area (Å²) in [5, 5.41) is 3.07. The molecule has 148 valence electrons. The molecule has 2 heterocycles. The summed E-state index contributed by atoms with van der Waals surface area (Å²) in [6.07, 6.45) is 2.62. The summed E-state index contributed by atoms with van der Waals surface area (Å²) in [5.74, 6) is 0.634. The monoisotopic (exact) mass is 410 g/mol. The quantitative estimate of drug-likeness (QED) is 0.428. The fraction of sp³-hybridized carbons (Fsp3) is 0.105. The first kappa shape index (κ1) is 18.7. The first-order valence-electron chi connectivity index (χ1n) is 8.69. The summed E-state index contributed by atoms with van der Waals surface area (Å²) in [4.78, 5) is 16.0. The van der Waals surface area contributed by atoms with Gasteiger partial charge in [-0.25, -0.2) is 13.4 Å². The molecule has 0 spiro atoms. The van der Waals surface area contributed by atoms with E-state index in [2.05, 4.69) is 30.0 Å². The molecule has 0 saturated heterocycles. The Morgan fingerprint density at radius 1 is 1.03 bits per heavy atom. The van der Waals surface area contributed by atoms with E-state index in [-0.39, 0.29) is 0 Å². The van der Waals surface area contributed by atoms with E-state index < -0.39 is 10.0 Å². The number of aromatic amines is 1. The van der Waals surface area contributed by atoms with Crippen molar-refractivity contribution in [1.82, 2.24) is 19.9 Å². The molecule has 0 unspecified atom stereocenters. The van der Waals surface area contributed by atoms with Crippen LogP contribution in [0, 0.1) is 0 Å². The lowest BCUT2D eigenvalue weighted by Crippen LogP contribution is -2.09. The van der Waals surface area contributed by atoms with Gasteiger partial charge in [-0.15, -0.1) is 0 Å². The van der Waals surface area contributed by atoms with Crippen LogP contribution in [0.4, 0.5) is 17.3 Å². The molecule has 4 aromatic rings. The molecule has 0 radical (unpaired) electrons. The Morgan fingerprint density at radius 3 is 2.62 bits per heavy atom. The second kappa shape index (κ2) is 7.76. The van der Waals surface area contributed by atoms with E-state index in [1.807, 2.05) is 30.3 Å². The zero-order chi connectivity index (χ0) is 20.3. The molecular formula is C19H18N6O3S. The van der Waals surface area contributed by atoms with Crippen molar-refractivity contribution in [3.63, 3.8) is 0 Å². The van der Waals surface area contributed by atoms with Gasteiger partial charge in [0.25, 0.3) is 0 Å². The van der Waals surface area contributed by atoms with Crippen molar-refractivity contribution in [3.8, 4) is 5.88 Å². The number of benzene rings is 2. The van der Waals surface area contributed by atoms with Crippen molar-refractivity contribution in [3.05, 3.63) is 66.5 Å². The van der Waals surface area contributed by atoms with Gasteiger partial charge >= 0.3 is 0 Å². The number of nitrogens with one attached hydrogen (secondary N) is 3. The maximum Gasteiger partial charge on any atom is 0.247 e. The minimum atomic E-state index is -3.37. The second-order valence-electron chi connectivity index (χ2n) is 6.31. The minimum absolute atomic E-state index is 0.293. The number of sulfonamides is 1. The molecule has 9 nitrogen and oxygen atoms in total. The standard InChI is InChI=1S/C19H18N6O3S/c1-29(26,27)25-15-9-5-8-14(10-15)22-19-23-17-16(20-12-21-17)18(24-19)28-11-13-6-3-2-4-7-13/h2-10,12,25H,11H2,1H3,(H2,20,21,22,23,24). The van der Waals surface area contributed by atoms with Crippen molar-refractivity contribution in [1.29, 1.82) is 0 Å². The summed E-state index contributed by atoms with van der Waals surface area (Å²) < 4.78 is 31.2. The van der Waals surface area contributed by atoms with Crippen LogP contribution in [0.5, 0.6) is 5.88 Å². The maximum atomic E-state index is 11.4. The van der Waals surface area contributed by atoms with Crippen LogP contribution in [-0.2, 0) is 16.6 Å². The third-order valence-electron chi connectivity index (χ3n) is 3.89. The SMILES string of the molecule is CS(=O)(=O)Nc1cccc(Nc2nc(OCc3ccccc3)c3nc[nH]c3n2)c1. The van der Waals surface area contributed by atoms with E-state index in [1.165, 1.54) is 6.33 Å². The third-order valence-corrected chi connectivity index (χ3v) is 4.49. The molecule has 0 amide bonds. The van der Waals surface area contributed by atoms with Gasteiger partial charge in [-0.2, -0.15) is 9.97 Å². The van der Waals surface area contributed by atoms with Gasteiger partial charge < -0.3 is 15.0 Å². The van der Waals surface area contributed by atoms with Crippen LogP contribution in [0.25, 0.3) is 11.2 Å². The lowest BCUT2D eigenvalue weighted by Gasteiger charge is -2.10. The van der Waals surface area contributed by atoms with Crippen LogP contribution in [0.15, 0.2) is 60.9 Å². The fourth-order valence-electron chi connectivity index (χ4n) is 2.70. The molecule has 4 rings (SSSR count). The zero-order valence-corrected chi connectivity index (χ0v) is 16.3. The Hall–Kier alpha value is -3.66. The summed E-state index contributed by atoms with van der Waals surface area (Å²) >= 11 is 0. The molecule has 0 atom stereocenters. The molecule has 0 aliphatic rings. The topological polar surface area (TPSA) is 122 Å². The number of fused-ring (bicyclic) bond motifs is 1. The average molecular weight is 410 g/mol. The van der Waals surface area contributed by atoms with Crippen molar-refractivity contribution in [2.75, 3.05) is 16.3 Å². The third kappa shape index (κ3) is 4.79. The Kier molecular flexibility index (Phi) is 5.00. The number of imidazole rings is 1. The highest BCUT2D eigenvalue weighted by Crippen LogP contribution is 2.25. The lowest BCUT2D eigenvalue weighted by molar-refractivity contribution is 0.297. The zero-order valence-electron chi connectivity index (χ0n) is 15.5. The fourth-order valence-corrected chi connectivity index (χ4v) is 3.25. The highest BCUT2D eigenvalue weighted by Gasteiger charge is 2.12. The van der Waals surface area contributed by atoms with Gasteiger partial charge in [0.2, 0.25) is 21.9 Å². The minimum Gasteiger partial charge on any atom is -0.471 e. The molecule has 0 fully saturated rings. The van der Waals surface area contributed by atoms with Gasteiger partial charge in [-0.05, 0) is 23.8 Å². The summed E-state index contributed by atoms with van der Waals surface area (Å²) in [6, 6.07) is 16.5. The summed E-state index contributed by atoms with van der Waals surface area (Å²) in [7, 11) is -3.37. The molecule has 2 aromatic carbocycles. The molecule has 0 saturated carbocycles. The number of nitrogens with zero attached hydrogens (tertiary/aromatic N) is 3. The Labute approximate surface area is 167 Å². The molecule has 3 N–H and O–H groups in total. The number of aromatic nitrogens is 4. The van der Waals surface area contributed by atoms with Crippen molar-refractivity contribution < 1.29 is 13.2 Å². The van der Waals surface area contributed by atoms with Gasteiger partial charge in [0.1, 0.15) is 6.61 Å². The Balaban J connectivity index is 1.59. The molecule has 0 aliphatic carbocycles. The van der Waals surface area contributed by atoms with Gasteiger partial charge in [0, 0.05) is 5.69 Å². The van der Waals surface area contributed by atoms with Crippen LogP contribution >= 0.6 is 0 Å². The number of hydrogen-bond donors (Lipinski definition) is 3. The van der Waals surface area contributed by atoms with E-state index in [9.17, 15) is 8.42 Å². The molecule has 29 heavy (non-hydrogen) atoms. The summed E-state index contributed by atoms with van der Waals surface area (Å²) in [6.45, 7) is 0.340.